The van der Waals surface area contributed by atoms with Crippen molar-refractivity contribution in [2.75, 3.05) is 19.6 Å². The predicted octanol–water partition coefficient (Wildman–Crippen LogP) is 3.24. The number of halogens is 2. The van der Waals surface area contributed by atoms with Gasteiger partial charge in [0.15, 0.2) is 5.76 Å². The third-order valence-electron chi connectivity index (χ3n) is 3.97. The molecule has 1 aromatic heterocycles. The summed E-state index contributed by atoms with van der Waals surface area (Å²) in [5.74, 6) is 0.668. The van der Waals surface area contributed by atoms with Crippen molar-refractivity contribution in [2.45, 2.75) is 19.9 Å². The van der Waals surface area contributed by atoms with Crippen LogP contribution in [0.25, 0.3) is 0 Å². The first-order valence-electron chi connectivity index (χ1n) is 7.40. The number of furan rings is 1. The summed E-state index contributed by atoms with van der Waals surface area (Å²) in [5, 5.41) is 3.26. The largest absolute Gasteiger partial charge is 0.456 e. The number of piperazine rings is 1. The Bertz CT molecular complexity index is 702. The number of hydrogen-bond acceptors (Lipinski definition) is 3. The SMILES string of the molecule is Cc1cc(C)c(C(=O)N2CCNCC2c2cccc(F)c2)o1.Cl. The molecule has 1 atom stereocenters. The molecule has 23 heavy (non-hydrogen) atoms. The zero-order valence-corrected chi connectivity index (χ0v) is 14.0. The third-order valence-corrected chi connectivity index (χ3v) is 3.97. The van der Waals surface area contributed by atoms with Gasteiger partial charge in [-0.3, -0.25) is 4.79 Å². The highest BCUT2D eigenvalue weighted by atomic mass is 35.5. The van der Waals surface area contributed by atoms with Gasteiger partial charge in [-0.25, -0.2) is 4.39 Å². The number of carbonyl (C=O) groups is 1. The minimum atomic E-state index is -0.291. The molecule has 4 nitrogen and oxygen atoms in total. The number of amides is 1. The molecule has 0 saturated carbocycles. The van der Waals surface area contributed by atoms with Crippen LogP contribution >= 0.6 is 12.4 Å². The van der Waals surface area contributed by atoms with Crippen LogP contribution in [0.15, 0.2) is 34.7 Å². The van der Waals surface area contributed by atoms with E-state index in [9.17, 15) is 9.18 Å². The molecule has 1 aliphatic rings. The maximum absolute atomic E-state index is 13.5. The topological polar surface area (TPSA) is 45.5 Å². The Hall–Kier alpha value is -1.85. The Kier molecular flexibility index (Phi) is 5.44. The van der Waals surface area contributed by atoms with Crippen LogP contribution in [0.1, 0.15) is 33.5 Å². The zero-order valence-electron chi connectivity index (χ0n) is 13.1. The highest BCUT2D eigenvalue weighted by Gasteiger charge is 2.31. The molecule has 3 rings (SSSR count). The second-order valence-electron chi connectivity index (χ2n) is 5.64. The molecule has 1 unspecified atom stereocenters. The molecule has 0 radical (unpaired) electrons. The second kappa shape index (κ2) is 7.15. The first-order chi connectivity index (χ1) is 10.6. The van der Waals surface area contributed by atoms with Gasteiger partial charge in [0, 0.05) is 25.2 Å². The van der Waals surface area contributed by atoms with Crippen LogP contribution in [0.4, 0.5) is 4.39 Å². The Morgan fingerprint density at radius 1 is 1.35 bits per heavy atom. The smallest absolute Gasteiger partial charge is 0.290 e. The molecule has 1 N–H and O–H groups in total. The molecule has 1 amide bonds. The van der Waals surface area contributed by atoms with Crippen molar-refractivity contribution in [3.8, 4) is 0 Å². The summed E-state index contributed by atoms with van der Waals surface area (Å²) in [6.07, 6.45) is 0. The van der Waals surface area contributed by atoms with E-state index in [1.807, 2.05) is 26.0 Å². The molecule has 2 aromatic rings. The lowest BCUT2D eigenvalue weighted by molar-refractivity contribution is 0.0599. The molecule has 0 aliphatic carbocycles. The quantitative estimate of drug-likeness (QED) is 0.914. The molecular weight excluding hydrogens is 319 g/mol. The first-order valence-corrected chi connectivity index (χ1v) is 7.40. The number of rotatable bonds is 2. The van der Waals surface area contributed by atoms with Gasteiger partial charge in [-0.05, 0) is 37.6 Å². The van der Waals surface area contributed by atoms with Gasteiger partial charge in [0.1, 0.15) is 11.6 Å². The molecule has 6 heteroatoms. The predicted molar refractivity (Wildman–Crippen MR) is 88.5 cm³/mol. The molecule has 1 fully saturated rings. The summed E-state index contributed by atoms with van der Waals surface area (Å²) in [5.41, 5.74) is 1.63. The van der Waals surface area contributed by atoms with Gasteiger partial charge in [0.2, 0.25) is 0 Å². The average molecular weight is 339 g/mol. The fraction of sp³-hybridized carbons (Fsp3) is 0.353. The van der Waals surface area contributed by atoms with Crippen LogP contribution < -0.4 is 5.32 Å². The van der Waals surface area contributed by atoms with E-state index in [0.29, 0.717) is 18.8 Å². The van der Waals surface area contributed by atoms with Gasteiger partial charge in [-0.1, -0.05) is 12.1 Å². The van der Waals surface area contributed by atoms with Gasteiger partial charge < -0.3 is 14.6 Å². The minimum absolute atomic E-state index is 0. The van der Waals surface area contributed by atoms with Crippen molar-refractivity contribution in [1.29, 1.82) is 0 Å². The normalized spacial score (nSPS) is 17.7. The lowest BCUT2D eigenvalue weighted by atomic mass is 10.0. The molecule has 2 heterocycles. The van der Waals surface area contributed by atoms with E-state index in [1.54, 1.807) is 11.0 Å². The summed E-state index contributed by atoms with van der Waals surface area (Å²) in [4.78, 5) is 14.6. The van der Waals surface area contributed by atoms with Gasteiger partial charge >= 0.3 is 0 Å². The molecule has 1 aliphatic heterocycles. The van der Waals surface area contributed by atoms with Gasteiger partial charge in [-0.15, -0.1) is 12.4 Å². The van der Waals surface area contributed by atoms with E-state index in [-0.39, 0.29) is 30.2 Å². The summed E-state index contributed by atoms with van der Waals surface area (Å²) in [6.45, 7) is 5.58. The Labute approximate surface area is 141 Å². The maximum Gasteiger partial charge on any atom is 0.290 e. The van der Waals surface area contributed by atoms with Crippen LogP contribution in [-0.2, 0) is 0 Å². The molecule has 1 saturated heterocycles. The van der Waals surface area contributed by atoms with Crippen molar-refractivity contribution in [3.63, 3.8) is 0 Å². The summed E-state index contributed by atoms with van der Waals surface area (Å²) < 4.78 is 19.0. The van der Waals surface area contributed by atoms with Crippen LogP contribution in [0.2, 0.25) is 0 Å². The summed E-state index contributed by atoms with van der Waals surface area (Å²) >= 11 is 0. The van der Waals surface area contributed by atoms with Crippen LogP contribution in [0, 0.1) is 19.7 Å². The van der Waals surface area contributed by atoms with E-state index in [4.69, 9.17) is 4.42 Å². The number of nitrogens with one attached hydrogen (secondary N) is 1. The molecule has 124 valence electrons. The van der Waals surface area contributed by atoms with E-state index >= 15 is 0 Å². The van der Waals surface area contributed by atoms with E-state index in [1.165, 1.54) is 12.1 Å². The Morgan fingerprint density at radius 3 is 2.78 bits per heavy atom. The second-order valence-corrected chi connectivity index (χ2v) is 5.64. The Morgan fingerprint density at radius 2 is 2.13 bits per heavy atom. The average Bonchev–Trinajstić information content (AvgIpc) is 2.85. The lowest BCUT2D eigenvalue weighted by Crippen LogP contribution is -2.48. The number of hydrogen-bond donors (Lipinski definition) is 1. The number of nitrogens with zero attached hydrogens (tertiary/aromatic N) is 1. The lowest BCUT2D eigenvalue weighted by Gasteiger charge is -2.36. The molecule has 0 bridgehead atoms. The van der Waals surface area contributed by atoms with Gasteiger partial charge in [0.25, 0.3) is 5.91 Å². The zero-order chi connectivity index (χ0) is 15.7. The standard InChI is InChI=1S/C17H19FN2O2.ClH/c1-11-8-12(2)22-16(11)17(21)20-7-6-19-10-15(20)13-4-3-5-14(18)9-13;/h3-5,8-9,15,19H,6-7,10H2,1-2H3;1H. The number of aryl methyl sites for hydroxylation is 2. The summed E-state index contributed by atoms with van der Waals surface area (Å²) in [7, 11) is 0. The number of benzene rings is 1. The minimum Gasteiger partial charge on any atom is -0.456 e. The monoisotopic (exact) mass is 338 g/mol. The molecular formula is C17H20ClFN2O2. The van der Waals surface area contributed by atoms with Crippen LogP contribution in [0.3, 0.4) is 0 Å². The van der Waals surface area contributed by atoms with Crippen molar-refractivity contribution < 1.29 is 13.6 Å². The highest BCUT2D eigenvalue weighted by molar-refractivity contribution is 5.93. The maximum atomic E-state index is 13.5. The van der Waals surface area contributed by atoms with Crippen molar-refractivity contribution in [3.05, 3.63) is 58.8 Å². The highest BCUT2D eigenvalue weighted by Crippen LogP contribution is 2.26. The van der Waals surface area contributed by atoms with Crippen molar-refractivity contribution in [1.82, 2.24) is 10.2 Å². The van der Waals surface area contributed by atoms with E-state index < -0.39 is 0 Å². The van der Waals surface area contributed by atoms with Crippen LogP contribution in [-0.4, -0.2) is 30.4 Å². The van der Waals surface area contributed by atoms with E-state index in [2.05, 4.69) is 5.32 Å². The van der Waals surface area contributed by atoms with Crippen LogP contribution in [0.5, 0.6) is 0 Å². The third kappa shape index (κ3) is 3.57. The molecule has 0 spiro atoms. The van der Waals surface area contributed by atoms with Gasteiger partial charge in [0.05, 0.1) is 6.04 Å². The van der Waals surface area contributed by atoms with E-state index in [0.717, 1.165) is 23.4 Å². The molecule has 1 aromatic carbocycles. The Balaban J connectivity index is 0.00000192. The van der Waals surface area contributed by atoms with Crippen molar-refractivity contribution >= 4 is 18.3 Å². The fourth-order valence-corrected chi connectivity index (χ4v) is 2.94. The number of carbonyl (C=O) groups excluding carboxylic acids is 1. The summed E-state index contributed by atoms with van der Waals surface area (Å²) in [6, 6.07) is 8.07. The first kappa shape index (κ1) is 17.5. The fourth-order valence-electron chi connectivity index (χ4n) is 2.94. The van der Waals surface area contributed by atoms with Gasteiger partial charge in [-0.2, -0.15) is 0 Å². The van der Waals surface area contributed by atoms with Crippen molar-refractivity contribution in [2.24, 2.45) is 0 Å².